The molecule has 7 nitrogen and oxygen atoms in total. The molecule has 180 valence electrons. The quantitative estimate of drug-likeness (QED) is 0.601. The minimum absolute atomic E-state index is 0.0143. The highest BCUT2D eigenvalue weighted by atomic mass is 19.2. The number of ketones is 1. The van der Waals surface area contributed by atoms with Gasteiger partial charge >= 0.3 is 0 Å². The number of amides is 2. The topological polar surface area (TPSA) is 76.2 Å². The number of hydrogen-bond acceptors (Lipinski definition) is 5. The average Bonchev–Trinajstić information content (AvgIpc) is 2.83. The molecule has 0 aliphatic carbocycles. The van der Waals surface area contributed by atoms with Gasteiger partial charge in [0, 0.05) is 24.7 Å². The van der Waals surface area contributed by atoms with Gasteiger partial charge in [0.1, 0.15) is 17.5 Å². The van der Waals surface area contributed by atoms with Crippen LogP contribution in [0.4, 0.5) is 14.5 Å². The predicted molar refractivity (Wildman–Crippen MR) is 120 cm³/mol. The van der Waals surface area contributed by atoms with E-state index in [9.17, 15) is 23.2 Å². The van der Waals surface area contributed by atoms with E-state index in [1.165, 1.54) is 23.1 Å². The normalized spacial score (nSPS) is 17.1. The fraction of sp³-hybridized carbons (Fsp3) is 0.400. The van der Waals surface area contributed by atoms with Crippen molar-refractivity contribution in [2.75, 3.05) is 31.2 Å². The summed E-state index contributed by atoms with van der Waals surface area (Å²) in [4.78, 5) is 41.7. The first kappa shape index (κ1) is 23.7. The molecule has 0 spiro atoms. The molecule has 1 fully saturated rings. The number of ether oxygens (including phenoxy) is 2. The maximum Gasteiger partial charge on any atom is 0.265 e. The smallest absolute Gasteiger partial charge is 0.265 e. The summed E-state index contributed by atoms with van der Waals surface area (Å²) >= 11 is 0. The van der Waals surface area contributed by atoms with Crippen LogP contribution < -0.4 is 14.4 Å². The number of fused-ring (bicyclic) bond motifs is 1. The van der Waals surface area contributed by atoms with E-state index in [0.29, 0.717) is 30.4 Å². The Balaban J connectivity index is 1.51. The second-order valence-corrected chi connectivity index (χ2v) is 8.71. The van der Waals surface area contributed by atoms with Gasteiger partial charge in [-0.1, -0.05) is 6.92 Å². The Morgan fingerprint density at radius 1 is 1.12 bits per heavy atom. The van der Waals surface area contributed by atoms with E-state index in [1.807, 2.05) is 0 Å². The van der Waals surface area contributed by atoms with E-state index in [1.54, 1.807) is 17.9 Å². The van der Waals surface area contributed by atoms with Crippen molar-refractivity contribution in [3.63, 3.8) is 0 Å². The number of nitrogens with zero attached hydrogens (tertiary/aromatic N) is 2. The molecule has 0 aromatic heterocycles. The summed E-state index contributed by atoms with van der Waals surface area (Å²) in [5.74, 6) is -2.08. The molecule has 4 rings (SSSR count). The molecule has 0 N–H and O–H groups in total. The standard InChI is InChI=1S/C25H26F2N2O5/c1-15-7-9-28(10-8-15)25(32)16(2)29-21-11-17(3-6-23(21)34-14-24(29)31)22(30)13-33-18-4-5-19(26)20(27)12-18/h3-6,11-12,15-16H,7-10,13-14H2,1-2H3. The van der Waals surface area contributed by atoms with Gasteiger partial charge in [0.25, 0.3) is 5.91 Å². The van der Waals surface area contributed by atoms with E-state index in [0.717, 1.165) is 25.0 Å². The van der Waals surface area contributed by atoms with Crippen LogP contribution >= 0.6 is 0 Å². The van der Waals surface area contributed by atoms with Gasteiger partial charge in [-0.05, 0) is 56.0 Å². The lowest BCUT2D eigenvalue weighted by Gasteiger charge is -2.38. The van der Waals surface area contributed by atoms with Crippen LogP contribution in [-0.2, 0) is 9.59 Å². The molecule has 0 saturated carbocycles. The van der Waals surface area contributed by atoms with Gasteiger partial charge in [0.2, 0.25) is 5.91 Å². The summed E-state index contributed by atoms with van der Waals surface area (Å²) in [6, 6.07) is 6.83. The maximum atomic E-state index is 13.4. The summed E-state index contributed by atoms with van der Waals surface area (Å²) in [6.07, 6.45) is 1.84. The summed E-state index contributed by atoms with van der Waals surface area (Å²) in [5, 5.41) is 0. The number of rotatable bonds is 6. The van der Waals surface area contributed by atoms with E-state index >= 15 is 0 Å². The molecule has 2 aromatic carbocycles. The Labute approximate surface area is 196 Å². The van der Waals surface area contributed by atoms with Crippen molar-refractivity contribution in [1.29, 1.82) is 0 Å². The Morgan fingerprint density at radius 2 is 1.85 bits per heavy atom. The van der Waals surface area contributed by atoms with Gasteiger partial charge in [0.15, 0.2) is 30.6 Å². The fourth-order valence-corrected chi connectivity index (χ4v) is 4.17. The SMILES string of the molecule is CC1CCN(C(=O)C(C)N2C(=O)COc3ccc(C(=O)COc4ccc(F)c(F)c4)cc32)CC1. The zero-order valence-electron chi connectivity index (χ0n) is 19.1. The molecular weight excluding hydrogens is 446 g/mol. The summed E-state index contributed by atoms with van der Waals surface area (Å²) in [6.45, 7) is 4.51. The van der Waals surface area contributed by atoms with Crippen molar-refractivity contribution in [2.24, 2.45) is 5.92 Å². The largest absolute Gasteiger partial charge is 0.485 e. The minimum Gasteiger partial charge on any atom is -0.485 e. The monoisotopic (exact) mass is 472 g/mol. The number of carbonyl (C=O) groups excluding carboxylic acids is 3. The maximum absolute atomic E-state index is 13.4. The highest BCUT2D eigenvalue weighted by molar-refractivity contribution is 6.05. The third kappa shape index (κ3) is 4.88. The second kappa shape index (κ2) is 9.79. The molecule has 34 heavy (non-hydrogen) atoms. The molecule has 1 atom stereocenters. The lowest BCUT2D eigenvalue weighted by Crippen LogP contribution is -2.53. The highest BCUT2D eigenvalue weighted by Gasteiger charge is 2.36. The second-order valence-electron chi connectivity index (χ2n) is 8.71. The molecule has 2 aromatic rings. The van der Waals surface area contributed by atoms with Crippen LogP contribution in [0.3, 0.4) is 0 Å². The van der Waals surface area contributed by atoms with Crippen molar-refractivity contribution in [3.8, 4) is 11.5 Å². The van der Waals surface area contributed by atoms with E-state index in [2.05, 4.69) is 6.92 Å². The van der Waals surface area contributed by atoms with Gasteiger partial charge < -0.3 is 14.4 Å². The van der Waals surface area contributed by atoms with Crippen LogP contribution in [0.15, 0.2) is 36.4 Å². The van der Waals surface area contributed by atoms with E-state index in [-0.39, 0.29) is 29.7 Å². The average molecular weight is 472 g/mol. The van der Waals surface area contributed by atoms with Crippen molar-refractivity contribution in [2.45, 2.75) is 32.7 Å². The van der Waals surface area contributed by atoms with Crippen molar-refractivity contribution >= 4 is 23.3 Å². The first-order valence-electron chi connectivity index (χ1n) is 11.2. The van der Waals surface area contributed by atoms with Crippen LogP contribution in [0, 0.1) is 17.6 Å². The summed E-state index contributed by atoms with van der Waals surface area (Å²) in [5.41, 5.74) is 0.567. The summed E-state index contributed by atoms with van der Waals surface area (Å²) < 4.78 is 37.3. The molecule has 2 heterocycles. The molecule has 0 bridgehead atoms. The van der Waals surface area contributed by atoms with Crippen LogP contribution in [-0.4, -0.2) is 54.8 Å². The lowest BCUT2D eigenvalue weighted by molar-refractivity contribution is -0.135. The van der Waals surface area contributed by atoms with Gasteiger partial charge in [0.05, 0.1) is 5.69 Å². The van der Waals surface area contributed by atoms with Gasteiger partial charge in [-0.25, -0.2) is 8.78 Å². The molecule has 2 aliphatic heterocycles. The Morgan fingerprint density at radius 3 is 2.56 bits per heavy atom. The van der Waals surface area contributed by atoms with Crippen LogP contribution in [0.5, 0.6) is 11.5 Å². The number of piperidine rings is 1. The number of carbonyl (C=O) groups is 3. The molecule has 1 saturated heterocycles. The minimum atomic E-state index is -1.08. The first-order valence-corrected chi connectivity index (χ1v) is 11.2. The number of likely N-dealkylation sites (tertiary alicyclic amines) is 1. The van der Waals surface area contributed by atoms with Gasteiger partial charge in [-0.15, -0.1) is 0 Å². The van der Waals surface area contributed by atoms with Crippen LogP contribution in [0.25, 0.3) is 0 Å². The molecule has 0 radical (unpaired) electrons. The van der Waals surface area contributed by atoms with Gasteiger partial charge in [-0.3, -0.25) is 19.3 Å². The van der Waals surface area contributed by atoms with Gasteiger partial charge in [-0.2, -0.15) is 0 Å². The predicted octanol–water partition coefficient (Wildman–Crippen LogP) is 3.60. The summed E-state index contributed by atoms with van der Waals surface area (Å²) in [7, 11) is 0. The molecule has 9 heteroatoms. The number of benzene rings is 2. The van der Waals surface area contributed by atoms with Crippen molar-refractivity contribution in [3.05, 3.63) is 53.6 Å². The number of anilines is 1. The molecule has 2 amide bonds. The third-order valence-electron chi connectivity index (χ3n) is 6.26. The highest BCUT2D eigenvalue weighted by Crippen LogP contribution is 2.35. The number of hydrogen-bond donors (Lipinski definition) is 0. The molecular formula is C25H26F2N2O5. The van der Waals surface area contributed by atoms with E-state index < -0.39 is 30.1 Å². The number of Topliss-reactive ketones (excluding diaryl/α,β-unsaturated/α-hetero) is 1. The Kier molecular flexibility index (Phi) is 6.81. The van der Waals surface area contributed by atoms with Crippen molar-refractivity contribution in [1.82, 2.24) is 4.90 Å². The van der Waals surface area contributed by atoms with E-state index in [4.69, 9.17) is 9.47 Å². The zero-order valence-corrected chi connectivity index (χ0v) is 19.1. The Bertz CT molecular complexity index is 1110. The fourth-order valence-electron chi connectivity index (χ4n) is 4.17. The molecule has 2 aliphatic rings. The molecule has 1 unspecified atom stereocenters. The number of halogens is 2. The third-order valence-corrected chi connectivity index (χ3v) is 6.26. The van der Waals surface area contributed by atoms with Crippen LogP contribution in [0.1, 0.15) is 37.0 Å². The lowest BCUT2D eigenvalue weighted by atomic mass is 9.98. The first-order chi connectivity index (χ1) is 16.2. The van der Waals surface area contributed by atoms with Crippen LogP contribution in [0.2, 0.25) is 0 Å². The Hall–Kier alpha value is -3.49. The van der Waals surface area contributed by atoms with Crippen molar-refractivity contribution < 1.29 is 32.6 Å². The zero-order chi connectivity index (χ0) is 24.4.